The zero-order valence-electron chi connectivity index (χ0n) is 13.7. The van der Waals surface area contributed by atoms with Gasteiger partial charge in [0.05, 0.1) is 19.8 Å². The molecule has 1 heterocycles. The fraction of sp³-hybridized carbons (Fsp3) is 0.294. The number of halogens is 1. The zero-order valence-corrected chi connectivity index (χ0v) is 13.7. The van der Waals surface area contributed by atoms with E-state index in [4.69, 9.17) is 9.47 Å². The van der Waals surface area contributed by atoms with E-state index in [0.29, 0.717) is 12.2 Å². The molecule has 0 fully saturated rings. The number of carbonyl (C=O) groups is 1. The molecule has 0 saturated heterocycles. The number of pyridine rings is 1. The van der Waals surface area contributed by atoms with Crippen LogP contribution in [-0.4, -0.2) is 24.6 Å². The molecular weight excluding hydrogens is 315 g/mol. The number of aromatic amines is 1. The van der Waals surface area contributed by atoms with Gasteiger partial charge < -0.3 is 19.8 Å². The monoisotopic (exact) mass is 334 g/mol. The van der Waals surface area contributed by atoms with Gasteiger partial charge in [0, 0.05) is 12.3 Å². The molecule has 2 N–H and O–H groups in total. The van der Waals surface area contributed by atoms with Gasteiger partial charge in [0.1, 0.15) is 5.69 Å². The highest BCUT2D eigenvalue weighted by Gasteiger charge is 2.15. The van der Waals surface area contributed by atoms with Gasteiger partial charge in [0.15, 0.2) is 17.3 Å². The summed E-state index contributed by atoms with van der Waals surface area (Å²) in [6, 6.07) is 5.21. The van der Waals surface area contributed by atoms with Crippen molar-refractivity contribution in [2.24, 2.45) is 0 Å². The highest BCUT2D eigenvalue weighted by molar-refractivity contribution is 5.92. The van der Waals surface area contributed by atoms with E-state index in [-0.39, 0.29) is 17.2 Å². The molecule has 0 aliphatic heterocycles. The van der Waals surface area contributed by atoms with Gasteiger partial charge in [0.25, 0.3) is 5.91 Å². The number of carbonyl (C=O) groups excluding carboxylic acids is 1. The van der Waals surface area contributed by atoms with Crippen molar-refractivity contribution in [2.75, 3.05) is 13.7 Å². The molecule has 1 amide bonds. The summed E-state index contributed by atoms with van der Waals surface area (Å²) in [6.07, 6.45) is 1.32. The predicted octanol–water partition coefficient (Wildman–Crippen LogP) is 2.41. The third-order valence-corrected chi connectivity index (χ3v) is 3.44. The first-order chi connectivity index (χ1) is 11.5. The molecule has 0 aliphatic rings. The largest absolute Gasteiger partial charge is 0.491 e. The third kappa shape index (κ3) is 3.92. The molecule has 24 heavy (non-hydrogen) atoms. The predicted molar refractivity (Wildman–Crippen MR) is 87.1 cm³/mol. The minimum atomic E-state index is -0.492. The molecule has 0 spiro atoms. The summed E-state index contributed by atoms with van der Waals surface area (Å²) in [4.78, 5) is 26.6. The van der Waals surface area contributed by atoms with Gasteiger partial charge in [-0.2, -0.15) is 0 Å². The van der Waals surface area contributed by atoms with E-state index < -0.39 is 23.2 Å². The van der Waals surface area contributed by atoms with Crippen molar-refractivity contribution in [1.82, 2.24) is 10.3 Å². The van der Waals surface area contributed by atoms with Crippen LogP contribution in [0.4, 0.5) is 4.39 Å². The molecule has 128 valence electrons. The van der Waals surface area contributed by atoms with E-state index in [2.05, 4.69) is 10.3 Å². The number of rotatable bonds is 6. The lowest BCUT2D eigenvalue weighted by molar-refractivity contribution is 0.0934. The normalized spacial score (nSPS) is 11.7. The fourth-order valence-corrected chi connectivity index (χ4v) is 2.17. The average Bonchev–Trinajstić information content (AvgIpc) is 2.56. The summed E-state index contributed by atoms with van der Waals surface area (Å²) in [5.41, 5.74) is 0.278. The number of benzene rings is 1. The van der Waals surface area contributed by atoms with Gasteiger partial charge >= 0.3 is 0 Å². The molecule has 0 saturated carbocycles. The van der Waals surface area contributed by atoms with Crippen molar-refractivity contribution < 1.29 is 18.7 Å². The molecule has 0 aliphatic carbocycles. The van der Waals surface area contributed by atoms with E-state index >= 15 is 0 Å². The van der Waals surface area contributed by atoms with Crippen LogP contribution in [0.1, 0.15) is 35.9 Å². The number of methoxy groups -OCH3 is 1. The number of nitrogens with one attached hydrogen (secondary N) is 2. The number of ether oxygens (including phenoxy) is 2. The maximum absolute atomic E-state index is 13.9. The number of H-pyrrole nitrogens is 1. The van der Waals surface area contributed by atoms with E-state index in [0.717, 1.165) is 6.07 Å². The maximum Gasteiger partial charge on any atom is 0.268 e. The molecule has 7 heteroatoms. The second-order valence-corrected chi connectivity index (χ2v) is 5.10. The summed E-state index contributed by atoms with van der Waals surface area (Å²) < 4.78 is 23.9. The number of hydrogen-bond acceptors (Lipinski definition) is 4. The Morgan fingerprint density at radius 1 is 1.33 bits per heavy atom. The Morgan fingerprint density at radius 3 is 2.67 bits per heavy atom. The van der Waals surface area contributed by atoms with Gasteiger partial charge in [-0.25, -0.2) is 4.39 Å². The Balaban J connectivity index is 2.12. The molecule has 0 unspecified atom stereocenters. The molecule has 0 bridgehead atoms. The highest BCUT2D eigenvalue weighted by Crippen LogP contribution is 2.22. The van der Waals surface area contributed by atoms with Crippen molar-refractivity contribution in [1.29, 1.82) is 0 Å². The first-order valence-electron chi connectivity index (χ1n) is 7.46. The van der Waals surface area contributed by atoms with Crippen LogP contribution in [-0.2, 0) is 0 Å². The van der Waals surface area contributed by atoms with Gasteiger partial charge in [-0.05, 0) is 31.5 Å². The average molecular weight is 334 g/mol. The Kier molecular flexibility index (Phi) is 5.57. The molecule has 1 aromatic carbocycles. The summed E-state index contributed by atoms with van der Waals surface area (Å²) in [5, 5.41) is 2.70. The second-order valence-electron chi connectivity index (χ2n) is 5.10. The lowest BCUT2D eigenvalue weighted by atomic mass is 10.1. The number of hydrogen-bond donors (Lipinski definition) is 2. The van der Waals surface area contributed by atoms with Crippen LogP contribution in [0.3, 0.4) is 0 Å². The van der Waals surface area contributed by atoms with Crippen molar-refractivity contribution in [3.63, 3.8) is 0 Å². The van der Waals surface area contributed by atoms with Gasteiger partial charge in [-0.15, -0.1) is 0 Å². The number of aromatic nitrogens is 1. The topological polar surface area (TPSA) is 80.4 Å². The molecule has 2 rings (SSSR count). The molecule has 2 aromatic rings. The van der Waals surface area contributed by atoms with Crippen molar-refractivity contribution >= 4 is 5.91 Å². The summed E-state index contributed by atoms with van der Waals surface area (Å²) >= 11 is 0. The first-order valence-corrected chi connectivity index (χ1v) is 7.46. The molecule has 0 radical (unpaired) electrons. The van der Waals surface area contributed by atoms with E-state index in [1.165, 1.54) is 25.4 Å². The smallest absolute Gasteiger partial charge is 0.268 e. The lowest BCUT2D eigenvalue weighted by Crippen LogP contribution is -2.28. The van der Waals surface area contributed by atoms with Crippen LogP contribution in [0.25, 0.3) is 0 Å². The van der Waals surface area contributed by atoms with Crippen LogP contribution in [0, 0.1) is 5.82 Å². The molecule has 1 aromatic heterocycles. The summed E-state index contributed by atoms with van der Waals surface area (Å²) in [7, 11) is 1.37. The van der Waals surface area contributed by atoms with Crippen LogP contribution < -0.4 is 20.2 Å². The van der Waals surface area contributed by atoms with E-state index in [1.807, 2.05) is 0 Å². The Bertz CT molecular complexity index is 788. The maximum atomic E-state index is 13.9. The Labute approximate surface area is 138 Å². The van der Waals surface area contributed by atoms with Crippen LogP contribution in [0.15, 0.2) is 35.3 Å². The highest BCUT2D eigenvalue weighted by atomic mass is 19.1. The minimum absolute atomic E-state index is 0.0964. The number of amides is 1. The van der Waals surface area contributed by atoms with E-state index in [1.54, 1.807) is 19.9 Å². The van der Waals surface area contributed by atoms with E-state index in [9.17, 15) is 14.0 Å². The second kappa shape index (κ2) is 7.63. The van der Waals surface area contributed by atoms with Crippen LogP contribution >= 0.6 is 0 Å². The molecule has 1 atom stereocenters. The summed E-state index contributed by atoms with van der Waals surface area (Å²) in [6.45, 7) is 3.86. The first kappa shape index (κ1) is 17.5. The van der Waals surface area contributed by atoms with Gasteiger partial charge in [-0.3, -0.25) is 9.59 Å². The van der Waals surface area contributed by atoms with Crippen LogP contribution in [0.5, 0.6) is 11.5 Å². The Hall–Kier alpha value is -2.83. The van der Waals surface area contributed by atoms with Crippen molar-refractivity contribution in [3.8, 4) is 11.5 Å². The van der Waals surface area contributed by atoms with Crippen LogP contribution in [0.2, 0.25) is 0 Å². The summed E-state index contributed by atoms with van der Waals surface area (Å²) in [5.74, 6) is -0.683. The van der Waals surface area contributed by atoms with Crippen molar-refractivity contribution in [3.05, 3.63) is 57.8 Å². The standard InChI is InChI=1S/C17H19FN2O4/c1-4-24-15-6-5-11(7-12(15)18)10(2)20-17(22)13-8-14(21)16(23-3)9-19-13/h5-10H,4H2,1-3H3,(H,19,21)(H,20,22)/t10-/m1/s1. The molecular formula is C17H19FN2O4. The minimum Gasteiger partial charge on any atom is -0.491 e. The quantitative estimate of drug-likeness (QED) is 0.850. The van der Waals surface area contributed by atoms with Gasteiger partial charge in [-0.1, -0.05) is 6.07 Å². The fourth-order valence-electron chi connectivity index (χ4n) is 2.17. The SMILES string of the molecule is CCOc1ccc([C@@H](C)NC(=O)c2cc(=O)c(OC)c[nH]2)cc1F. The Morgan fingerprint density at radius 2 is 2.08 bits per heavy atom. The lowest BCUT2D eigenvalue weighted by Gasteiger charge is -2.15. The van der Waals surface area contributed by atoms with Gasteiger partial charge in [0.2, 0.25) is 5.43 Å². The van der Waals surface area contributed by atoms with Crippen molar-refractivity contribution in [2.45, 2.75) is 19.9 Å². The third-order valence-electron chi connectivity index (χ3n) is 3.44. The zero-order chi connectivity index (χ0) is 17.7. The molecule has 6 nitrogen and oxygen atoms in total.